The summed E-state index contributed by atoms with van der Waals surface area (Å²) in [4.78, 5) is 12.1. The van der Waals surface area contributed by atoms with E-state index in [0.29, 0.717) is 12.3 Å². The van der Waals surface area contributed by atoms with Crippen molar-refractivity contribution in [2.75, 3.05) is 6.54 Å². The van der Waals surface area contributed by atoms with Crippen molar-refractivity contribution in [2.45, 2.75) is 46.5 Å². The van der Waals surface area contributed by atoms with Crippen molar-refractivity contribution in [3.8, 4) is 0 Å². The summed E-state index contributed by atoms with van der Waals surface area (Å²) in [6.45, 7) is 6.67. The Morgan fingerprint density at radius 2 is 1.79 bits per heavy atom. The third-order valence-electron chi connectivity index (χ3n) is 3.56. The summed E-state index contributed by atoms with van der Waals surface area (Å²) in [6.07, 6.45) is 4.56. The molecule has 82 valence electrons. The predicted molar refractivity (Wildman–Crippen MR) is 59.0 cm³/mol. The van der Waals surface area contributed by atoms with Crippen LogP contribution in [0.1, 0.15) is 46.5 Å². The van der Waals surface area contributed by atoms with Gasteiger partial charge < -0.3 is 5.73 Å². The van der Waals surface area contributed by atoms with Crippen molar-refractivity contribution >= 4 is 5.78 Å². The molecule has 1 fully saturated rings. The van der Waals surface area contributed by atoms with Gasteiger partial charge in [-0.3, -0.25) is 4.79 Å². The van der Waals surface area contributed by atoms with Crippen molar-refractivity contribution in [3.63, 3.8) is 0 Å². The van der Waals surface area contributed by atoms with Gasteiger partial charge in [-0.2, -0.15) is 0 Å². The van der Waals surface area contributed by atoms with Gasteiger partial charge in [0.2, 0.25) is 0 Å². The molecule has 1 aliphatic rings. The second kappa shape index (κ2) is 4.43. The molecule has 1 aliphatic carbocycles. The molecular weight excluding hydrogens is 174 g/mol. The molecule has 0 aliphatic heterocycles. The lowest BCUT2D eigenvalue weighted by Gasteiger charge is -2.31. The van der Waals surface area contributed by atoms with Gasteiger partial charge in [0.25, 0.3) is 0 Å². The molecule has 0 aromatic rings. The summed E-state index contributed by atoms with van der Waals surface area (Å²) in [5.74, 6) is 1.47. The minimum absolute atomic E-state index is 0.282. The Balaban J connectivity index is 2.54. The van der Waals surface area contributed by atoms with E-state index in [4.69, 9.17) is 5.73 Å². The van der Waals surface area contributed by atoms with Crippen LogP contribution in [0.3, 0.4) is 0 Å². The first-order valence-electron chi connectivity index (χ1n) is 5.71. The SMILES string of the molecule is CC1CCC(C(=O)C(C)(C)CN)CC1. The minimum Gasteiger partial charge on any atom is -0.329 e. The number of Topliss-reactive ketones (excluding diaryl/α,β-unsaturated/α-hetero) is 1. The van der Waals surface area contributed by atoms with Crippen LogP contribution in [0.2, 0.25) is 0 Å². The molecule has 0 saturated heterocycles. The number of rotatable bonds is 3. The molecule has 0 aromatic carbocycles. The number of carbonyl (C=O) groups is 1. The zero-order valence-corrected chi connectivity index (χ0v) is 9.68. The van der Waals surface area contributed by atoms with Gasteiger partial charge in [0.15, 0.2) is 0 Å². The lowest BCUT2D eigenvalue weighted by Crippen LogP contribution is -2.38. The van der Waals surface area contributed by atoms with Crippen molar-refractivity contribution in [1.29, 1.82) is 0 Å². The smallest absolute Gasteiger partial charge is 0.142 e. The maximum absolute atomic E-state index is 12.1. The van der Waals surface area contributed by atoms with Gasteiger partial charge in [-0.15, -0.1) is 0 Å². The van der Waals surface area contributed by atoms with Crippen molar-refractivity contribution in [3.05, 3.63) is 0 Å². The molecule has 2 heteroatoms. The van der Waals surface area contributed by atoms with Gasteiger partial charge in [0.1, 0.15) is 5.78 Å². The van der Waals surface area contributed by atoms with Crippen LogP contribution < -0.4 is 5.73 Å². The topological polar surface area (TPSA) is 43.1 Å². The van der Waals surface area contributed by atoms with E-state index in [1.54, 1.807) is 0 Å². The first-order valence-corrected chi connectivity index (χ1v) is 5.71. The summed E-state index contributed by atoms with van der Waals surface area (Å²) in [7, 11) is 0. The predicted octanol–water partition coefficient (Wildman–Crippen LogP) is 2.37. The number of ketones is 1. The Kier molecular flexibility index (Phi) is 3.71. The number of carbonyl (C=O) groups excluding carboxylic acids is 1. The molecule has 1 rings (SSSR count). The van der Waals surface area contributed by atoms with E-state index in [0.717, 1.165) is 18.8 Å². The second-order valence-electron chi connectivity index (χ2n) is 5.41. The number of hydrogen-bond donors (Lipinski definition) is 1. The third kappa shape index (κ3) is 2.57. The largest absolute Gasteiger partial charge is 0.329 e. The maximum atomic E-state index is 12.1. The van der Waals surface area contributed by atoms with Gasteiger partial charge in [0, 0.05) is 17.9 Å². The molecule has 0 atom stereocenters. The monoisotopic (exact) mass is 197 g/mol. The summed E-state index contributed by atoms with van der Waals surface area (Å²) in [6, 6.07) is 0. The highest BCUT2D eigenvalue weighted by molar-refractivity contribution is 5.86. The molecule has 1 saturated carbocycles. The second-order valence-corrected chi connectivity index (χ2v) is 5.41. The normalized spacial score (nSPS) is 28.9. The van der Waals surface area contributed by atoms with Crippen molar-refractivity contribution in [2.24, 2.45) is 23.0 Å². The quantitative estimate of drug-likeness (QED) is 0.754. The van der Waals surface area contributed by atoms with Crippen LogP contribution in [-0.2, 0) is 4.79 Å². The Morgan fingerprint density at radius 3 is 2.21 bits per heavy atom. The van der Waals surface area contributed by atoms with Crippen LogP contribution in [0.25, 0.3) is 0 Å². The van der Waals surface area contributed by atoms with E-state index < -0.39 is 0 Å². The zero-order valence-electron chi connectivity index (χ0n) is 9.68. The van der Waals surface area contributed by atoms with Crippen LogP contribution in [0.5, 0.6) is 0 Å². The first-order chi connectivity index (χ1) is 6.47. The summed E-state index contributed by atoms with van der Waals surface area (Å²) < 4.78 is 0. The zero-order chi connectivity index (χ0) is 10.8. The van der Waals surface area contributed by atoms with E-state index in [-0.39, 0.29) is 11.3 Å². The van der Waals surface area contributed by atoms with E-state index in [1.165, 1.54) is 12.8 Å². The number of hydrogen-bond acceptors (Lipinski definition) is 2. The Hall–Kier alpha value is -0.370. The summed E-state index contributed by atoms with van der Waals surface area (Å²) in [5.41, 5.74) is 5.31. The third-order valence-corrected chi connectivity index (χ3v) is 3.56. The first kappa shape index (κ1) is 11.7. The van der Waals surface area contributed by atoms with Crippen molar-refractivity contribution < 1.29 is 4.79 Å². The highest BCUT2D eigenvalue weighted by Crippen LogP contribution is 2.33. The average Bonchev–Trinajstić information content (AvgIpc) is 2.18. The fraction of sp³-hybridized carbons (Fsp3) is 0.917. The van der Waals surface area contributed by atoms with E-state index in [2.05, 4.69) is 6.92 Å². The molecular formula is C12H23NO. The molecule has 0 bridgehead atoms. The Morgan fingerprint density at radius 1 is 1.29 bits per heavy atom. The molecule has 0 spiro atoms. The molecule has 14 heavy (non-hydrogen) atoms. The van der Waals surface area contributed by atoms with Gasteiger partial charge in [-0.1, -0.05) is 33.6 Å². The molecule has 0 aromatic heterocycles. The van der Waals surface area contributed by atoms with E-state index in [1.807, 2.05) is 13.8 Å². The molecule has 0 unspecified atom stereocenters. The molecule has 2 N–H and O–H groups in total. The summed E-state index contributed by atoms with van der Waals surface area (Å²) >= 11 is 0. The van der Waals surface area contributed by atoms with Crippen molar-refractivity contribution in [1.82, 2.24) is 0 Å². The van der Waals surface area contributed by atoms with Crippen LogP contribution in [0, 0.1) is 17.3 Å². The standard InChI is InChI=1S/C12H23NO/c1-9-4-6-10(7-5-9)11(14)12(2,3)8-13/h9-10H,4-8,13H2,1-3H3. The minimum atomic E-state index is -0.314. The van der Waals surface area contributed by atoms with Gasteiger partial charge in [-0.05, 0) is 18.8 Å². The van der Waals surface area contributed by atoms with Crippen LogP contribution in [0.4, 0.5) is 0 Å². The molecule has 0 radical (unpaired) electrons. The highest BCUT2D eigenvalue weighted by Gasteiger charge is 2.33. The number of nitrogens with two attached hydrogens (primary N) is 1. The van der Waals surface area contributed by atoms with E-state index in [9.17, 15) is 4.79 Å². The van der Waals surface area contributed by atoms with Crippen LogP contribution in [0.15, 0.2) is 0 Å². The Bertz CT molecular complexity index is 202. The van der Waals surface area contributed by atoms with E-state index >= 15 is 0 Å². The molecule has 2 nitrogen and oxygen atoms in total. The maximum Gasteiger partial charge on any atom is 0.142 e. The molecule has 0 amide bonds. The fourth-order valence-corrected chi connectivity index (χ4v) is 2.18. The fourth-order valence-electron chi connectivity index (χ4n) is 2.18. The average molecular weight is 197 g/mol. The highest BCUT2D eigenvalue weighted by atomic mass is 16.1. The van der Waals surface area contributed by atoms with Gasteiger partial charge in [0.05, 0.1) is 0 Å². The van der Waals surface area contributed by atoms with Crippen LogP contribution >= 0.6 is 0 Å². The lowest BCUT2D eigenvalue weighted by molar-refractivity contribution is -0.132. The van der Waals surface area contributed by atoms with Gasteiger partial charge in [-0.25, -0.2) is 0 Å². The van der Waals surface area contributed by atoms with Gasteiger partial charge >= 0.3 is 0 Å². The lowest BCUT2D eigenvalue weighted by atomic mass is 9.73. The molecule has 0 heterocycles. The Labute approximate surface area is 87.2 Å². The van der Waals surface area contributed by atoms with Crippen LogP contribution in [-0.4, -0.2) is 12.3 Å². The summed E-state index contributed by atoms with van der Waals surface area (Å²) in [5, 5.41) is 0.